The van der Waals surface area contributed by atoms with Crippen LogP contribution in [0.2, 0.25) is 0 Å². The number of carbonyl (C=O) groups is 1. The van der Waals surface area contributed by atoms with Gasteiger partial charge in [0.25, 0.3) is 5.91 Å². The van der Waals surface area contributed by atoms with Crippen molar-refractivity contribution in [3.63, 3.8) is 0 Å². The van der Waals surface area contributed by atoms with Gasteiger partial charge in [-0.25, -0.2) is 17.2 Å². The van der Waals surface area contributed by atoms with E-state index in [9.17, 15) is 22.0 Å². The summed E-state index contributed by atoms with van der Waals surface area (Å²) in [5.41, 5.74) is 0.328. The molecule has 0 N–H and O–H groups in total. The van der Waals surface area contributed by atoms with Gasteiger partial charge in [-0.05, 0) is 51.1 Å². The van der Waals surface area contributed by atoms with E-state index in [-0.39, 0.29) is 28.7 Å². The lowest BCUT2D eigenvalue weighted by atomic mass is 10.1. The lowest BCUT2D eigenvalue weighted by Crippen LogP contribution is -2.34. The van der Waals surface area contributed by atoms with Crippen molar-refractivity contribution >= 4 is 21.6 Å². The van der Waals surface area contributed by atoms with E-state index in [2.05, 4.69) is 0 Å². The van der Waals surface area contributed by atoms with E-state index < -0.39 is 27.6 Å². The molecule has 1 amide bonds. The van der Waals surface area contributed by atoms with Crippen molar-refractivity contribution in [2.45, 2.75) is 31.7 Å². The quantitative estimate of drug-likeness (QED) is 0.749. The number of sulfonamides is 1. The second-order valence-corrected chi connectivity index (χ2v) is 8.29. The van der Waals surface area contributed by atoms with Crippen molar-refractivity contribution in [2.24, 2.45) is 0 Å². The minimum atomic E-state index is -3.75. The van der Waals surface area contributed by atoms with E-state index in [1.165, 1.54) is 46.6 Å². The van der Waals surface area contributed by atoms with Crippen LogP contribution in [0.4, 0.5) is 14.5 Å². The van der Waals surface area contributed by atoms with E-state index in [1.54, 1.807) is 20.8 Å². The highest BCUT2D eigenvalue weighted by molar-refractivity contribution is 7.89. The zero-order valence-electron chi connectivity index (χ0n) is 15.6. The highest BCUT2D eigenvalue weighted by atomic mass is 32.2. The van der Waals surface area contributed by atoms with Gasteiger partial charge in [0.1, 0.15) is 0 Å². The minimum absolute atomic E-state index is 0.00844. The summed E-state index contributed by atoms with van der Waals surface area (Å²) in [6.07, 6.45) is 0. The normalized spacial score (nSPS) is 11.9. The summed E-state index contributed by atoms with van der Waals surface area (Å²) in [4.78, 5) is 14.1. The maximum Gasteiger partial charge on any atom is 0.258 e. The van der Waals surface area contributed by atoms with E-state index in [0.29, 0.717) is 0 Å². The summed E-state index contributed by atoms with van der Waals surface area (Å²) in [6, 6.07) is 8.60. The maximum absolute atomic E-state index is 13.5. The van der Waals surface area contributed by atoms with Crippen LogP contribution < -0.4 is 4.90 Å². The Labute approximate surface area is 158 Å². The summed E-state index contributed by atoms with van der Waals surface area (Å²) in [5, 5.41) is 0. The standard InChI is InChI=1S/C19H22F2N2O3S/c1-5-23(15-9-10-17(20)18(21)12-15)19(24)14-7-6-8-16(11-14)27(25,26)22(4)13(2)3/h6-13H,5H2,1-4H3. The Morgan fingerprint density at radius 3 is 2.30 bits per heavy atom. The molecule has 2 aromatic rings. The van der Waals surface area contributed by atoms with Gasteiger partial charge >= 0.3 is 0 Å². The Bertz CT molecular complexity index is 946. The summed E-state index contributed by atoms with van der Waals surface area (Å²) >= 11 is 0. The summed E-state index contributed by atoms with van der Waals surface area (Å²) < 4.78 is 53.2. The number of benzene rings is 2. The number of rotatable bonds is 6. The smallest absolute Gasteiger partial charge is 0.258 e. The highest BCUT2D eigenvalue weighted by Gasteiger charge is 2.25. The number of hydrogen-bond donors (Lipinski definition) is 0. The zero-order valence-corrected chi connectivity index (χ0v) is 16.4. The van der Waals surface area contributed by atoms with Gasteiger partial charge in [0.2, 0.25) is 10.0 Å². The molecule has 0 atom stereocenters. The molecule has 0 aliphatic rings. The van der Waals surface area contributed by atoms with Gasteiger partial charge in [-0.15, -0.1) is 0 Å². The molecule has 0 unspecified atom stereocenters. The molecule has 0 radical (unpaired) electrons. The second kappa shape index (κ2) is 8.14. The number of anilines is 1. The SMILES string of the molecule is CCN(C(=O)c1cccc(S(=O)(=O)N(C)C(C)C)c1)c1ccc(F)c(F)c1. The van der Waals surface area contributed by atoms with Crippen LogP contribution in [0.1, 0.15) is 31.1 Å². The maximum atomic E-state index is 13.5. The van der Waals surface area contributed by atoms with E-state index in [0.717, 1.165) is 12.1 Å². The topological polar surface area (TPSA) is 57.7 Å². The lowest BCUT2D eigenvalue weighted by molar-refractivity contribution is 0.0988. The Hall–Kier alpha value is -2.32. The molecule has 8 heteroatoms. The fraction of sp³-hybridized carbons (Fsp3) is 0.316. The second-order valence-electron chi connectivity index (χ2n) is 6.29. The van der Waals surface area contributed by atoms with Crippen molar-refractivity contribution in [2.75, 3.05) is 18.5 Å². The Kier molecular flexibility index (Phi) is 6.33. The molecule has 0 aliphatic heterocycles. The zero-order chi connectivity index (χ0) is 20.4. The van der Waals surface area contributed by atoms with Gasteiger partial charge in [-0.3, -0.25) is 4.79 Å². The van der Waals surface area contributed by atoms with Crippen LogP contribution in [0.15, 0.2) is 47.4 Å². The van der Waals surface area contributed by atoms with Crippen LogP contribution in [0.5, 0.6) is 0 Å². The van der Waals surface area contributed by atoms with E-state index >= 15 is 0 Å². The third kappa shape index (κ3) is 4.33. The molecule has 0 fully saturated rings. The number of halogens is 2. The molecule has 0 heterocycles. The third-order valence-corrected chi connectivity index (χ3v) is 6.29. The van der Waals surface area contributed by atoms with Gasteiger partial charge in [-0.1, -0.05) is 6.07 Å². The molecule has 146 valence electrons. The summed E-state index contributed by atoms with van der Waals surface area (Å²) in [5.74, 6) is -2.58. The first-order chi connectivity index (χ1) is 12.6. The highest BCUT2D eigenvalue weighted by Crippen LogP contribution is 2.22. The van der Waals surface area contributed by atoms with Gasteiger partial charge in [0, 0.05) is 37.0 Å². The van der Waals surface area contributed by atoms with Crippen LogP contribution in [0, 0.1) is 11.6 Å². The molecule has 2 rings (SSSR count). The van der Waals surface area contributed by atoms with Crippen LogP contribution in [0.3, 0.4) is 0 Å². The van der Waals surface area contributed by atoms with Crippen molar-refractivity contribution in [1.82, 2.24) is 4.31 Å². The first-order valence-electron chi connectivity index (χ1n) is 8.44. The van der Waals surface area contributed by atoms with Crippen molar-refractivity contribution < 1.29 is 22.0 Å². The van der Waals surface area contributed by atoms with Gasteiger partial charge in [0.15, 0.2) is 11.6 Å². The predicted molar refractivity (Wildman–Crippen MR) is 100 cm³/mol. The number of nitrogens with zero attached hydrogens (tertiary/aromatic N) is 2. The van der Waals surface area contributed by atoms with Gasteiger partial charge in [0.05, 0.1) is 4.90 Å². The molecule has 0 bridgehead atoms. The molecule has 27 heavy (non-hydrogen) atoms. The fourth-order valence-electron chi connectivity index (χ4n) is 2.49. The molecule has 0 spiro atoms. The molecular weight excluding hydrogens is 374 g/mol. The fourth-order valence-corrected chi connectivity index (χ4v) is 3.90. The first-order valence-corrected chi connectivity index (χ1v) is 9.88. The summed E-state index contributed by atoms with van der Waals surface area (Å²) in [7, 11) is -2.28. The Balaban J connectivity index is 2.42. The lowest BCUT2D eigenvalue weighted by Gasteiger charge is -2.23. The molecule has 2 aromatic carbocycles. The van der Waals surface area contributed by atoms with E-state index in [1.807, 2.05) is 0 Å². The van der Waals surface area contributed by atoms with Crippen LogP contribution in [0.25, 0.3) is 0 Å². The van der Waals surface area contributed by atoms with Crippen molar-refractivity contribution in [3.8, 4) is 0 Å². The molecule has 0 saturated carbocycles. The van der Waals surface area contributed by atoms with Crippen LogP contribution in [-0.4, -0.2) is 38.3 Å². The molecule has 0 aliphatic carbocycles. The molecule has 0 saturated heterocycles. The molecule has 0 aromatic heterocycles. The number of amides is 1. The predicted octanol–water partition coefficient (Wildman–Crippen LogP) is 3.66. The van der Waals surface area contributed by atoms with Gasteiger partial charge < -0.3 is 4.90 Å². The minimum Gasteiger partial charge on any atom is -0.309 e. The monoisotopic (exact) mass is 396 g/mol. The number of hydrogen-bond acceptors (Lipinski definition) is 3. The van der Waals surface area contributed by atoms with Crippen LogP contribution >= 0.6 is 0 Å². The average Bonchev–Trinajstić information content (AvgIpc) is 2.64. The summed E-state index contributed by atoms with van der Waals surface area (Å²) in [6.45, 7) is 5.38. The molecule has 5 nitrogen and oxygen atoms in total. The Morgan fingerprint density at radius 2 is 1.74 bits per heavy atom. The first kappa shape index (κ1) is 21.0. The van der Waals surface area contributed by atoms with E-state index in [4.69, 9.17) is 0 Å². The van der Waals surface area contributed by atoms with Gasteiger partial charge in [-0.2, -0.15) is 4.31 Å². The third-order valence-electron chi connectivity index (χ3n) is 4.26. The Morgan fingerprint density at radius 1 is 1.07 bits per heavy atom. The van der Waals surface area contributed by atoms with Crippen LogP contribution in [-0.2, 0) is 10.0 Å². The molecular formula is C19H22F2N2O3S. The van der Waals surface area contributed by atoms with Crippen molar-refractivity contribution in [1.29, 1.82) is 0 Å². The average molecular weight is 396 g/mol. The number of carbonyl (C=O) groups excluding carboxylic acids is 1. The van der Waals surface area contributed by atoms with Crippen molar-refractivity contribution in [3.05, 3.63) is 59.7 Å². The largest absolute Gasteiger partial charge is 0.309 e.